The van der Waals surface area contributed by atoms with E-state index in [2.05, 4.69) is 5.32 Å². The number of hydrogen-bond donors (Lipinski definition) is 2. The zero-order valence-corrected chi connectivity index (χ0v) is 13.4. The zero-order valence-electron chi connectivity index (χ0n) is 11.8. The maximum atomic E-state index is 11.7. The van der Waals surface area contributed by atoms with Crippen LogP contribution in [0, 0.1) is 11.8 Å². The van der Waals surface area contributed by atoms with E-state index in [-0.39, 0.29) is 12.5 Å². The predicted molar refractivity (Wildman–Crippen MR) is 84.1 cm³/mol. The van der Waals surface area contributed by atoms with Crippen LogP contribution in [0.15, 0.2) is 17.5 Å². The van der Waals surface area contributed by atoms with Gasteiger partial charge in [0, 0.05) is 17.2 Å². The molecule has 0 bridgehead atoms. The first-order valence-corrected chi connectivity index (χ1v) is 8.62. The van der Waals surface area contributed by atoms with Crippen molar-refractivity contribution in [2.24, 2.45) is 11.8 Å². The van der Waals surface area contributed by atoms with Gasteiger partial charge < -0.3 is 10.4 Å². The molecule has 0 aromatic carbocycles. The molecule has 0 spiro atoms. The molecule has 2 N–H and O–H groups in total. The van der Waals surface area contributed by atoms with E-state index in [9.17, 15) is 9.59 Å². The summed E-state index contributed by atoms with van der Waals surface area (Å²) in [6, 6.07) is 4.03. The highest BCUT2D eigenvalue weighted by Gasteiger charge is 2.19. The molecule has 1 aromatic heterocycles. The molecule has 0 aliphatic carbocycles. The Balaban J connectivity index is 2.22. The van der Waals surface area contributed by atoms with Crippen molar-refractivity contribution in [1.82, 2.24) is 5.32 Å². The molecule has 6 heteroatoms. The molecule has 1 heterocycles. The largest absolute Gasteiger partial charge is 0.481 e. The Morgan fingerprint density at radius 1 is 1.45 bits per heavy atom. The Morgan fingerprint density at radius 2 is 2.20 bits per heavy atom. The van der Waals surface area contributed by atoms with Gasteiger partial charge in [-0.1, -0.05) is 19.9 Å². The quantitative estimate of drug-likeness (QED) is 0.735. The third-order valence-corrected chi connectivity index (χ3v) is 4.75. The Labute approximate surface area is 128 Å². The van der Waals surface area contributed by atoms with E-state index < -0.39 is 11.9 Å². The van der Waals surface area contributed by atoms with E-state index >= 15 is 0 Å². The van der Waals surface area contributed by atoms with Crippen LogP contribution in [0.2, 0.25) is 0 Å². The van der Waals surface area contributed by atoms with E-state index in [1.807, 2.05) is 31.4 Å². The van der Waals surface area contributed by atoms with E-state index in [1.54, 1.807) is 23.1 Å². The lowest BCUT2D eigenvalue weighted by Crippen LogP contribution is -2.34. The molecule has 0 aliphatic rings. The predicted octanol–water partition coefficient (Wildman–Crippen LogP) is 2.84. The van der Waals surface area contributed by atoms with Crippen LogP contribution < -0.4 is 5.32 Å². The lowest BCUT2D eigenvalue weighted by atomic mass is 9.97. The first-order chi connectivity index (χ1) is 9.49. The summed E-state index contributed by atoms with van der Waals surface area (Å²) in [5, 5.41) is 13.8. The molecule has 0 saturated carbocycles. The molecule has 1 amide bonds. The highest BCUT2D eigenvalue weighted by Crippen LogP contribution is 2.17. The fourth-order valence-electron chi connectivity index (χ4n) is 1.77. The fraction of sp³-hybridized carbons (Fsp3) is 0.571. The second-order valence-corrected chi connectivity index (χ2v) is 7.06. The Bertz CT molecular complexity index is 418. The Hall–Kier alpha value is -1.01. The van der Waals surface area contributed by atoms with E-state index in [0.29, 0.717) is 18.1 Å². The van der Waals surface area contributed by atoms with E-state index in [1.165, 1.54) is 4.88 Å². The minimum Gasteiger partial charge on any atom is -0.481 e. The number of carboxylic acid groups (broad SMARTS) is 1. The van der Waals surface area contributed by atoms with Crippen LogP contribution in [-0.2, 0) is 15.3 Å². The van der Waals surface area contributed by atoms with E-state index in [0.717, 1.165) is 5.75 Å². The van der Waals surface area contributed by atoms with Gasteiger partial charge in [0.05, 0.1) is 11.7 Å². The van der Waals surface area contributed by atoms with Gasteiger partial charge in [0.25, 0.3) is 0 Å². The maximum absolute atomic E-state index is 11.7. The lowest BCUT2D eigenvalue weighted by molar-refractivity contribution is -0.142. The third kappa shape index (κ3) is 6.96. The number of carbonyl (C=O) groups is 2. The molecule has 4 nitrogen and oxygen atoms in total. The molecule has 1 rings (SSSR count). The summed E-state index contributed by atoms with van der Waals surface area (Å²) in [6.45, 7) is 4.18. The molecular formula is C14H21NO3S2. The first-order valence-electron chi connectivity index (χ1n) is 6.58. The molecular weight excluding hydrogens is 294 g/mol. The van der Waals surface area contributed by atoms with Crippen molar-refractivity contribution in [3.05, 3.63) is 22.4 Å². The normalized spacial score (nSPS) is 12.3. The molecule has 1 aromatic rings. The van der Waals surface area contributed by atoms with Crippen LogP contribution in [0.1, 0.15) is 25.1 Å². The molecule has 0 radical (unpaired) electrons. The number of aliphatic carboxylic acids is 1. The fourth-order valence-corrected chi connectivity index (χ4v) is 3.47. The number of nitrogens with one attached hydrogen (secondary N) is 1. The molecule has 20 heavy (non-hydrogen) atoms. The van der Waals surface area contributed by atoms with Gasteiger partial charge in [-0.25, -0.2) is 0 Å². The SMILES string of the molecule is CC(C)CC(CNC(=O)CSCc1cccs1)C(=O)O. The van der Waals surface area contributed by atoms with Crippen LogP contribution in [0.3, 0.4) is 0 Å². The van der Waals surface area contributed by atoms with Gasteiger partial charge in [0.15, 0.2) is 0 Å². The third-order valence-electron chi connectivity index (χ3n) is 2.71. The van der Waals surface area contributed by atoms with Gasteiger partial charge in [0.2, 0.25) is 5.91 Å². The van der Waals surface area contributed by atoms with Gasteiger partial charge in [0.1, 0.15) is 0 Å². The van der Waals surface area contributed by atoms with Crippen LogP contribution in [0.25, 0.3) is 0 Å². The Kier molecular flexibility index (Phi) is 7.69. The summed E-state index contributed by atoms with van der Waals surface area (Å²) < 4.78 is 0. The number of thiophene rings is 1. The van der Waals surface area contributed by atoms with Gasteiger partial charge >= 0.3 is 5.97 Å². The highest BCUT2D eigenvalue weighted by molar-refractivity contribution is 7.99. The Morgan fingerprint density at radius 3 is 2.75 bits per heavy atom. The van der Waals surface area contributed by atoms with Gasteiger partial charge in [-0.2, -0.15) is 0 Å². The second-order valence-electron chi connectivity index (χ2n) is 5.04. The van der Waals surface area contributed by atoms with Crippen molar-refractivity contribution in [3.8, 4) is 0 Å². The van der Waals surface area contributed by atoms with Gasteiger partial charge in [-0.15, -0.1) is 23.1 Å². The van der Waals surface area contributed by atoms with Crippen LogP contribution >= 0.6 is 23.1 Å². The van der Waals surface area contributed by atoms with E-state index in [4.69, 9.17) is 5.11 Å². The average molecular weight is 315 g/mol. The van der Waals surface area contributed by atoms with Gasteiger partial charge in [-0.3, -0.25) is 9.59 Å². The van der Waals surface area contributed by atoms with Crippen molar-refractivity contribution in [2.75, 3.05) is 12.3 Å². The minimum absolute atomic E-state index is 0.0958. The standard InChI is InChI=1S/C14H21NO3S2/c1-10(2)6-11(14(17)18)7-15-13(16)9-19-8-12-4-3-5-20-12/h3-5,10-11H,6-9H2,1-2H3,(H,15,16)(H,17,18). The zero-order chi connectivity index (χ0) is 15.0. The number of thioether (sulfide) groups is 1. The molecule has 1 unspecified atom stereocenters. The summed E-state index contributed by atoms with van der Waals surface area (Å²) in [5.41, 5.74) is 0. The van der Waals surface area contributed by atoms with Crippen molar-refractivity contribution in [3.63, 3.8) is 0 Å². The smallest absolute Gasteiger partial charge is 0.308 e. The number of rotatable bonds is 9. The molecule has 0 fully saturated rings. The monoisotopic (exact) mass is 315 g/mol. The van der Waals surface area contributed by atoms with Crippen LogP contribution in [0.5, 0.6) is 0 Å². The minimum atomic E-state index is -0.842. The maximum Gasteiger partial charge on any atom is 0.308 e. The van der Waals surface area contributed by atoms with Crippen molar-refractivity contribution < 1.29 is 14.7 Å². The number of hydrogen-bond acceptors (Lipinski definition) is 4. The summed E-state index contributed by atoms with van der Waals surface area (Å²) >= 11 is 3.22. The molecule has 0 aliphatic heterocycles. The highest BCUT2D eigenvalue weighted by atomic mass is 32.2. The summed E-state index contributed by atoms with van der Waals surface area (Å²) in [6.07, 6.45) is 0.581. The summed E-state index contributed by atoms with van der Waals surface area (Å²) in [4.78, 5) is 24.0. The molecule has 1 atom stereocenters. The molecule has 112 valence electrons. The van der Waals surface area contributed by atoms with Crippen molar-refractivity contribution in [2.45, 2.75) is 26.0 Å². The number of carboxylic acids is 1. The summed E-state index contributed by atoms with van der Waals surface area (Å²) in [5.74, 6) is 0.0555. The number of amides is 1. The summed E-state index contributed by atoms with van der Waals surface area (Å²) in [7, 11) is 0. The topological polar surface area (TPSA) is 66.4 Å². The van der Waals surface area contributed by atoms with Crippen LogP contribution in [-0.4, -0.2) is 29.3 Å². The van der Waals surface area contributed by atoms with Crippen LogP contribution in [0.4, 0.5) is 0 Å². The van der Waals surface area contributed by atoms with Crippen molar-refractivity contribution >= 4 is 35.0 Å². The first kappa shape index (κ1) is 17.0. The average Bonchev–Trinajstić information content (AvgIpc) is 2.86. The molecule has 0 saturated heterocycles. The van der Waals surface area contributed by atoms with Crippen molar-refractivity contribution in [1.29, 1.82) is 0 Å². The second kappa shape index (κ2) is 9.02. The number of carbonyl (C=O) groups excluding carboxylic acids is 1. The lowest BCUT2D eigenvalue weighted by Gasteiger charge is -2.15. The van der Waals surface area contributed by atoms with Gasteiger partial charge in [-0.05, 0) is 23.8 Å².